The molecule has 1 aliphatic rings. The lowest BCUT2D eigenvalue weighted by molar-refractivity contribution is -0.0448. The Bertz CT molecular complexity index is 142. The molecule has 3 nitrogen and oxygen atoms in total. The normalized spacial score (nSPS) is 32.9. The average molecular weight is 144 g/mol. The van der Waals surface area contributed by atoms with Crippen LogP contribution < -0.4 is 0 Å². The van der Waals surface area contributed by atoms with Crippen LogP contribution in [-0.2, 0) is 9.47 Å². The van der Waals surface area contributed by atoms with Crippen LogP contribution in [0.2, 0.25) is 0 Å². The highest BCUT2D eigenvalue weighted by atomic mass is 16.5. The van der Waals surface area contributed by atoms with Gasteiger partial charge < -0.3 is 14.6 Å². The van der Waals surface area contributed by atoms with E-state index in [9.17, 15) is 5.11 Å². The summed E-state index contributed by atoms with van der Waals surface area (Å²) < 4.78 is 10.1. The summed E-state index contributed by atoms with van der Waals surface area (Å²) in [4.78, 5) is 0. The van der Waals surface area contributed by atoms with Crippen molar-refractivity contribution in [2.45, 2.75) is 19.1 Å². The van der Waals surface area contributed by atoms with Gasteiger partial charge in [0.2, 0.25) is 0 Å². The monoisotopic (exact) mass is 144 g/mol. The molecule has 0 amide bonds. The molecule has 1 aliphatic heterocycles. The smallest absolute Gasteiger partial charge is 0.121 e. The zero-order valence-corrected chi connectivity index (χ0v) is 6.20. The number of rotatable bonds is 1. The van der Waals surface area contributed by atoms with E-state index in [0.29, 0.717) is 6.61 Å². The molecule has 58 valence electrons. The molecule has 0 aromatic heterocycles. The molecule has 1 rings (SSSR count). The number of hydrogen-bond acceptors (Lipinski definition) is 3. The third-order valence-electron chi connectivity index (χ3n) is 1.56. The molecule has 0 saturated carbocycles. The number of allylic oxidation sites excluding steroid dienone is 1. The van der Waals surface area contributed by atoms with E-state index in [-0.39, 0.29) is 6.10 Å². The lowest BCUT2D eigenvalue weighted by Crippen LogP contribution is -2.34. The molecule has 0 aliphatic carbocycles. The van der Waals surface area contributed by atoms with E-state index in [1.807, 2.05) is 6.92 Å². The third kappa shape index (κ3) is 1.49. The first-order valence-corrected chi connectivity index (χ1v) is 3.26. The fourth-order valence-electron chi connectivity index (χ4n) is 0.916. The van der Waals surface area contributed by atoms with E-state index in [0.717, 1.165) is 5.76 Å². The van der Waals surface area contributed by atoms with Gasteiger partial charge in [-0.15, -0.1) is 0 Å². The summed E-state index contributed by atoms with van der Waals surface area (Å²) in [5, 5.41) is 9.26. The topological polar surface area (TPSA) is 38.7 Å². The molecular formula is C7H12O3. The standard InChI is InChI=1S/C7H12O3/c1-5-3-6(8)7(9-2)4-10-5/h3,6-8H,4H2,1-2H3/t6?,7-/m0/s1. The van der Waals surface area contributed by atoms with Crippen molar-refractivity contribution in [3.8, 4) is 0 Å². The second-order valence-corrected chi connectivity index (χ2v) is 2.35. The zero-order chi connectivity index (χ0) is 7.56. The molecule has 0 spiro atoms. The van der Waals surface area contributed by atoms with Gasteiger partial charge in [-0.3, -0.25) is 0 Å². The van der Waals surface area contributed by atoms with Gasteiger partial charge in [0.15, 0.2) is 0 Å². The van der Waals surface area contributed by atoms with Gasteiger partial charge in [0.1, 0.15) is 18.8 Å². The van der Waals surface area contributed by atoms with Crippen molar-refractivity contribution in [1.82, 2.24) is 0 Å². The number of methoxy groups -OCH3 is 1. The Labute approximate surface area is 60.3 Å². The Morgan fingerprint density at radius 1 is 1.80 bits per heavy atom. The number of hydrogen-bond donors (Lipinski definition) is 1. The molecule has 0 bridgehead atoms. The Kier molecular flexibility index (Phi) is 2.29. The third-order valence-corrected chi connectivity index (χ3v) is 1.56. The van der Waals surface area contributed by atoms with Crippen LogP contribution in [0.1, 0.15) is 6.92 Å². The lowest BCUT2D eigenvalue weighted by Gasteiger charge is -2.24. The van der Waals surface area contributed by atoms with Gasteiger partial charge in [0.25, 0.3) is 0 Å². The summed E-state index contributed by atoms with van der Waals surface area (Å²) >= 11 is 0. The van der Waals surface area contributed by atoms with E-state index >= 15 is 0 Å². The molecule has 1 heterocycles. The van der Waals surface area contributed by atoms with Crippen molar-refractivity contribution >= 4 is 0 Å². The molecule has 0 fully saturated rings. The predicted molar refractivity (Wildman–Crippen MR) is 36.5 cm³/mol. The average Bonchev–Trinajstić information content (AvgIpc) is 1.88. The summed E-state index contributed by atoms with van der Waals surface area (Å²) in [5.41, 5.74) is 0. The summed E-state index contributed by atoms with van der Waals surface area (Å²) in [5.74, 6) is 0.765. The Morgan fingerprint density at radius 2 is 2.50 bits per heavy atom. The van der Waals surface area contributed by atoms with Crippen molar-refractivity contribution in [2.75, 3.05) is 13.7 Å². The molecular weight excluding hydrogens is 132 g/mol. The summed E-state index contributed by atoms with van der Waals surface area (Å²) in [6.07, 6.45) is 0.931. The first-order chi connectivity index (χ1) is 4.74. The van der Waals surface area contributed by atoms with Gasteiger partial charge in [0.05, 0.1) is 5.76 Å². The molecule has 0 saturated heterocycles. The van der Waals surface area contributed by atoms with Gasteiger partial charge >= 0.3 is 0 Å². The van der Waals surface area contributed by atoms with Crippen LogP contribution >= 0.6 is 0 Å². The molecule has 0 aromatic rings. The number of ether oxygens (including phenoxy) is 2. The van der Waals surface area contributed by atoms with E-state index in [4.69, 9.17) is 9.47 Å². The quantitative estimate of drug-likeness (QED) is 0.575. The highest BCUT2D eigenvalue weighted by molar-refractivity contribution is 5.01. The minimum atomic E-state index is -0.515. The fraction of sp³-hybridized carbons (Fsp3) is 0.714. The van der Waals surface area contributed by atoms with E-state index < -0.39 is 6.10 Å². The molecule has 10 heavy (non-hydrogen) atoms. The van der Waals surface area contributed by atoms with Crippen LogP contribution in [0.15, 0.2) is 11.8 Å². The van der Waals surface area contributed by atoms with Crippen molar-refractivity contribution < 1.29 is 14.6 Å². The van der Waals surface area contributed by atoms with Crippen molar-refractivity contribution in [3.05, 3.63) is 11.8 Å². The number of aliphatic hydroxyl groups is 1. The molecule has 3 heteroatoms. The summed E-state index contributed by atoms with van der Waals surface area (Å²) in [6.45, 7) is 2.26. The van der Waals surface area contributed by atoms with Crippen molar-refractivity contribution in [1.29, 1.82) is 0 Å². The maximum absolute atomic E-state index is 9.26. The summed E-state index contributed by atoms with van der Waals surface area (Å²) in [6, 6.07) is 0. The van der Waals surface area contributed by atoms with Crippen LogP contribution in [0, 0.1) is 0 Å². The number of aliphatic hydroxyl groups excluding tert-OH is 1. The molecule has 2 atom stereocenters. The Balaban J connectivity index is 2.55. The Hall–Kier alpha value is -0.540. The highest BCUT2D eigenvalue weighted by Crippen LogP contribution is 2.12. The van der Waals surface area contributed by atoms with Crippen molar-refractivity contribution in [3.63, 3.8) is 0 Å². The van der Waals surface area contributed by atoms with Gasteiger partial charge in [-0.1, -0.05) is 0 Å². The van der Waals surface area contributed by atoms with Gasteiger partial charge in [-0.2, -0.15) is 0 Å². The SMILES string of the molecule is CO[C@H]1COC(C)=CC1O. The van der Waals surface area contributed by atoms with Crippen molar-refractivity contribution in [2.24, 2.45) is 0 Å². The van der Waals surface area contributed by atoms with Crippen LogP contribution in [0.25, 0.3) is 0 Å². The first-order valence-electron chi connectivity index (χ1n) is 3.26. The maximum Gasteiger partial charge on any atom is 0.121 e. The van der Waals surface area contributed by atoms with Crippen LogP contribution in [0.4, 0.5) is 0 Å². The van der Waals surface area contributed by atoms with Gasteiger partial charge in [-0.25, -0.2) is 0 Å². The van der Waals surface area contributed by atoms with Crippen LogP contribution in [0.5, 0.6) is 0 Å². The largest absolute Gasteiger partial charge is 0.496 e. The lowest BCUT2D eigenvalue weighted by atomic mass is 10.1. The zero-order valence-electron chi connectivity index (χ0n) is 6.20. The van der Waals surface area contributed by atoms with E-state index in [1.165, 1.54) is 0 Å². The van der Waals surface area contributed by atoms with E-state index in [1.54, 1.807) is 13.2 Å². The second-order valence-electron chi connectivity index (χ2n) is 2.35. The highest BCUT2D eigenvalue weighted by Gasteiger charge is 2.21. The van der Waals surface area contributed by atoms with Gasteiger partial charge in [0, 0.05) is 7.11 Å². The second kappa shape index (κ2) is 3.03. The Morgan fingerprint density at radius 3 is 3.00 bits per heavy atom. The first kappa shape index (κ1) is 7.57. The van der Waals surface area contributed by atoms with Gasteiger partial charge in [-0.05, 0) is 13.0 Å². The fourth-order valence-corrected chi connectivity index (χ4v) is 0.916. The van der Waals surface area contributed by atoms with Crippen LogP contribution in [-0.4, -0.2) is 31.0 Å². The van der Waals surface area contributed by atoms with Crippen LogP contribution in [0.3, 0.4) is 0 Å². The van der Waals surface area contributed by atoms with E-state index in [2.05, 4.69) is 0 Å². The summed E-state index contributed by atoms with van der Waals surface area (Å²) in [7, 11) is 1.56. The minimum Gasteiger partial charge on any atom is -0.496 e. The molecule has 0 aromatic carbocycles. The molecule has 1 unspecified atom stereocenters. The maximum atomic E-state index is 9.26. The minimum absolute atomic E-state index is 0.205. The molecule has 1 N–H and O–H groups in total. The predicted octanol–water partition coefficient (Wildman–Crippen LogP) is 0.296. The molecule has 0 radical (unpaired) electrons.